The number of hydrogen-bond acceptors (Lipinski definition) is 2. The highest BCUT2D eigenvalue weighted by molar-refractivity contribution is 6.01. The van der Waals surface area contributed by atoms with Crippen molar-refractivity contribution in [2.75, 3.05) is 0 Å². The van der Waals surface area contributed by atoms with Gasteiger partial charge < -0.3 is 0 Å². The summed E-state index contributed by atoms with van der Waals surface area (Å²) in [6, 6.07) is 28.1. The molecule has 0 radical (unpaired) electrons. The maximum Gasteiger partial charge on any atom is 0.164 e. The third kappa shape index (κ3) is 3.27. The number of pyridine rings is 1. The van der Waals surface area contributed by atoms with E-state index in [1.54, 1.807) is 0 Å². The summed E-state index contributed by atoms with van der Waals surface area (Å²) >= 11 is 0. The van der Waals surface area contributed by atoms with E-state index in [1.165, 1.54) is 38.8 Å². The van der Waals surface area contributed by atoms with E-state index < -0.39 is 0 Å². The Morgan fingerprint density at radius 1 is 0.794 bits per heavy atom. The molecular weight excluding hydrogens is 414 g/mol. The molecule has 0 bridgehead atoms. The number of hydrogen-bond donors (Lipinski definition) is 0. The molecule has 0 unspecified atom stereocenters. The van der Waals surface area contributed by atoms with Crippen LogP contribution in [0.3, 0.4) is 0 Å². The molecule has 0 spiro atoms. The van der Waals surface area contributed by atoms with Crippen LogP contribution < -0.4 is 0 Å². The fraction of sp³-hybridized carbons (Fsp3) is 0.226. The van der Waals surface area contributed by atoms with E-state index in [1.807, 2.05) is 10.7 Å². The minimum Gasteiger partial charge on any atom is -0.228 e. The molecule has 1 aliphatic rings. The van der Waals surface area contributed by atoms with Gasteiger partial charge in [-0.3, -0.25) is 0 Å². The van der Waals surface area contributed by atoms with Gasteiger partial charge in [-0.1, -0.05) is 93.1 Å². The Morgan fingerprint density at radius 3 is 2.24 bits per heavy atom. The summed E-state index contributed by atoms with van der Waals surface area (Å²) in [5.74, 6) is 0. The lowest BCUT2D eigenvalue weighted by Crippen LogP contribution is -2.14. The average Bonchev–Trinajstić information content (AvgIpc) is 3.24. The van der Waals surface area contributed by atoms with Crippen LogP contribution in [0.4, 0.5) is 0 Å². The second kappa shape index (κ2) is 7.66. The third-order valence-corrected chi connectivity index (χ3v) is 6.88. The molecule has 0 atom stereocenters. The molecule has 2 aromatic heterocycles. The second-order valence-corrected chi connectivity index (χ2v) is 10.4. The van der Waals surface area contributed by atoms with Crippen LogP contribution in [0.15, 0.2) is 78.9 Å². The minimum absolute atomic E-state index is 0.125. The van der Waals surface area contributed by atoms with Crippen molar-refractivity contribution in [3.8, 4) is 28.1 Å². The van der Waals surface area contributed by atoms with E-state index in [9.17, 15) is 0 Å². The lowest BCUT2D eigenvalue weighted by molar-refractivity contribution is 0.565. The molecule has 34 heavy (non-hydrogen) atoms. The standard InChI is InChI=1S/C31H29N3/c1-20-14-16-22(17-15-20)26-25-19-18-21-10-8-9-13-24(21)28(25)32-30-27(26)29(31(2,3)4)33-34(30)23-11-6-5-7-12-23/h5-17H,18-19H2,1-4H3. The van der Waals surface area contributed by atoms with Crippen LogP contribution in [-0.4, -0.2) is 14.8 Å². The summed E-state index contributed by atoms with van der Waals surface area (Å²) in [7, 11) is 0. The van der Waals surface area contributed by atoms with E-state index in [4.69, 9.17) is 10.1 Å². The fourth-order valence-electron chi connectivity index (χ4n) is 5.19. The second-order valence-electron chi connectivity index (χ2n) is 10.4. The number of nitrogens with zero attached hydrogens (tertiary/aromatic N) is 3. The van der Waals surface area contributed by atoms with Crippen molar-refractivity contribution in [2.24, 2.45) is 0 Å². The molecule has 3 nitrogen and oxygen atoms in total. The van der Waals surface area contributed by atoms with Crippen molar-refractivity contribution in [1.82, 2.24) is 14.8 Å². The van der Waals surface area contributed by atoms with Crippen LogP contribution in [0.2, 0.25) is 0 Å². The fourth-order valence-corrected chi connectivity index (χ4v) is 5.19. The van der Waals surface area contributed by atoms with Crippen LogP contribution in [0.5, 0.6) is 0 Å². The van der Waals surface area contributed by atoms with Crippen LogP contribution in [0.1, 0.15) is 43.2 Å². The zero-order valence-electron chi connectivity index (χ0n) is 20.3. The van der Waals surface area contributed by atoms with Gasteiger partial charge in [-0.2, -0.15) is 5.10 Å². The maximum absolute atomic E-state index is 5.37. The number of aromatic nitrogens is 3. The summed E-state index contributed by atoms with van der Waals surface area (Å²) in [6.07, 6.45) is 2.02. The van der Waals surface area contributed by atoms with Crippen molar-refractivity contribution in [3.63, 3.8) is 0 Å². The van der Waals surface area contributed by atoms with Crippen molar-refractivity contribution in [1.29, 1.82) is 0 Å². The highest BCUT2D eigenvalue weighted by Crippen LogP contribution is 2.44. The normalized spacial score (nSPS) is 13.1. The van der Waals surface area contributed by atoms with Crippen molar-refractivity contribution in [2.45, 2.75) is 46.0 Å². The van der Waals surface area contributed by atoms with Gasteiger partial charge >= 0.3 is 0 Å². The zero-order valence-corrected chi connectivity index (χ0v) is 20.3. The van der Waals surface area contributed by atoms with Crippen molar-refractivity contribution in [3.05, 3.63) is 101 Å². The van der Waals surface area contributed by atoms with E-state index in [2.05, 4.69) is 100 Å². The number of aryl methyl sites for hydroxylation is 2. The molecule has 0 aliphatic heterocycles. The molecule has 5 aromatic rings. The zero-order chi connectivity index (χ0) is 23.4. The summed E-state index contributed by atoms with van der Waals surface area (Å²) < 4.78 is 2.05. The van der Waals surface area contributed by atoms with Gasteiger partial charge in [0, 0.05) is 11.0 Å². The molecular formula is C31H29N3. The van der Waals surface area contributed by atoms with E-state index in [0.29, 0.717) is 0 Å². The number of fused-ring (bicyclic) bond motifs is 4. The van der Waals surface area contributed by atoms with Gasteiger partial charge in [-0.15, -0.1) is 0 Å². The van der Waals surface area contributed by atoms with Gasteiger partial charge in [0.25, 0.3) is 0 Å². The first-order valence-electron chi connectivity index (χ1n) is 12.1. The van der Waals surface area contributed by atoms with Crippen LogP contribution in [-0.2, 0) is 18.3 Å². The monoisotopic (exact) mass is 443 g/mol. The predicted molar refractivity (Wildman–Crippen MR) is 141 cm³/mol. The molecule has 0 N–H and O–H groups in total. The Morgan fingerprint density at radius 2 is 1.50 bits per heavy atom. The van der Waals surface area contributed by atoms with Gasteiger partial charge in [0.1, 0.15) is 0 Å². The van der Waals surface area contributed by atoms with Gasteiger partial charge in [0.15, 0.2) is 5.65 Å². The van der Waals surface area contributed by atoms with E-state index >= 15 is 0 Å². The first kappa shape index (κ1) is 20.9. The smallest absolute Gasteiger partial charge is 0.164 e. The third-order valence-electron chi connectivity index (χ3n) is 6.88. The Bertz CT molecular complexity index is 1520. The first-order valence-corrected chi connectivity index (χ1v) is 12.1. The van der Waals surface area contributed by atoms with Gasteiger partial charge in [0.05, 0.1) is 22.5 Å². The van der Waals surface area contributed by atoms with Gasteiger partial charge in [-0.05, 0) is 54.2 Å². The lowest BCUT2D eigenvalue weighted by Gasteiger charge is -2.24. The molecule has 6 rings (SSSR count). The number of para-hydroxylation sites is 1. The summed E-state index contributed by atoms with van der Waals surface area (Å²) in [5, 5.41) is 6.39. The average molecular weight is 444 g/mol. The largest absolute Gasteiger partial charge is 0.228 e. The Kier molecular flexibility index (Phi) is 4.70. The summed E-state index contributed by atoms with van der Waals surface area (Å²) in [6.45, 7) is 8.89. The Hall–Kier alpha value is -3.72. The summed E-state index contributed by atoms with van der Waals surface area (Å²) in [4.78, 5) is 5.37. The first-order chi connectivity index (χ1) is 16.4. The van der Waals surface area contributed by atoms with E-state index in [-0.39, 0.29) is 5.41 Å². The molecule has 0 fully saturated rings. The molecule has 168 valence electrons. The molecule has 2 heterocycles. The van der Waals surface area contributed by atoms with Crippen molar-refractivity contribution >= 4 is 11.0 Å². The topological polar surface area (TPSA) is 30.7 Å². The highest BCUT2D eigenvalue weighted by Gasteiger charge is 2.31. The molecule has 0 amide bonds. The molecule has 0 saturated heterocycles. The Labute approximate surface area is 201 Å². The van der Waals surface area contributed by atoms with Gasteiger partial charge in [-0.25, -0.2) is 9.67 Å². The minimum atomic E-state index is -0.125. The number of rotatable bonds is 2. The molecule has 1 aliphatic carbocycles. The van der Waals surface area contributed by atoms with Crippen LogP contribution in [0.25, 0.3) is 39.1 Å². The van der Waals surface area contributed by atoms with Crippen molar-refractivity contribution < 1.29 is 0 Å². The highest BCUT2D eigenvalue weighted by atomic mass is 15.3. The molecule has 3 aromatic carbocycles. The van der Waals surface area contributed by atoms with Crippen LogP contribution >= 0.6 is 0 Å². The molecule has 0 saturated carbocycles. The summed E-state index contributed by atoms with van der Waals surface area (Å²) in [5.41, 5.74) is 11.8. The van der Waals surface area contributed by atoms with Gasteiger partial charge in [0.2, 0.25) is 0 Å². The lowest BCUT2D eigenvalue weighted by atomic mass is 9.81. The quantitative estimate of drug-likeness (QED) is 0.283. The molecule has 3 heteroatoms. The predicted octanol–water partition coefficient (Wildman–Crippen LogP) is 7.46. The maximum atomic E-state index is 5.37. The Balaban J connectivity index is 1.80. The van der Waals surface area contributed by atoms with Crippen LogP contribution in [0, 0.1) is 6.92 Å². The van der Waals surface area contributed by atoms with E-state index in [0.717, 1.165) is 35.6 Å². The number of benzene rings is 3. The SMILES string of the molecule is Cc1ccc(-c2c3c(nc4c2c(C(C)(C)C)nn4-c2ccccc2)-c2ccccc2CC3)cc1.